The summed E-state index contributed by atoms with van der Waals surface area (Å²) in [5.74, 6) is 0.299. The maximum atomic E-state index is 12.6. The Bertz CT molecular complexity index is 981. The summed E-state index contributed by atoms with van der Waals surface area (Å²) in [6.45, 7) is 0.430. The van der Waals surface area contributed by atoms with E-state index < -0.39 is 0 Å². The molecule has 3 aromatic rings. The fourth-order valence-electron chi connectivity index (χ4n) is 2.60. The van der Waals surface area contributed by atoms with Crippen molar-refractivity contribution >= 4 is 29.1 Å². The number of hydrogen-bond acceptors (Lipinski definition) is 4. The van der Waals surface area contributed by atoms with Gasteiger partial charge in [0.15, 0.2) is 6.61 Å². The first kappa shape index (κ1) is 21.2. The zero-order chi connectivity index (χ0) is 21.2. The van der Waals surface area contributed by atoms with E-state index in [-0.39, 0.29) is 29.7 Å². The Morgan fingerprint density at radius 2 is 1.57 bits per heavy atom. The zero-order valence-corrected chi connectivity index (χ0v) is 16.9. The largest absolute Gasteiger partial charge is 0.492 e. The number of ether oxygens (including phenoxy) is 2. The van der Waals surface area contributed by atoms with E-state index in [1.165, 1.54) is 6.07 Å². The molecule has 0 heterocycles. The summed E-state index contributed by atoms with van der Waals surface area (Å²) >= 11 is 6.03. The first-order valence-electron chi connectivity index (χ1n) is 9.35. The molecule has 0 aromatic heterocycles. The normalized spacial score (nSPS) is 10.2. The highest BCUT2D eigenvalue weighted by Crippen LogP contribution is 2.24. The molecule has 2 N–H and O–H groups in total. The lowest BCUT2D eigenvalue weighted by atomic mass is 10.2. The SMILES string of the molecule is O=C(COc1ccc(Cl)cc1C(=O)Nc1ccccc1)NCCOc1ccccc1. The fourth-order valence-corrected chi connectivity index (χ4v) is 2.77. The molecule has 3 aromatic carbocycles. The van der Waals surface area contributed by atoms with E-state index in [2.05, 4.69) is 10.6 Å². The van der Waals surface area contributed by atoms with Gasteiger partial charge in [-0.05, 0) is 42.5 Å². The molecule has 6 nitrogen and oxygen atoms in total. The third kappa shape index (κ3) is 6.53. The van der Waals surface area contributed by atoms with Crippen molar-refractivity contribution in [2.45, 2.75) is 0 Å². The van der Waals surface area contributed by atoms with Crippen LogP contribution in [0.3, 0.4) is 0 Å². The van der Waals surface area contributed by atoms with E-state index in [0.29, 0.717) is 23.9 Å². The van der Waals surface area contributed by atoms with Crippen molar-refractivity contribution in [3.05, 3.63) is 89.4 Å². The van der Waals surface area contributed by atoms with Gasteiger partial charge < -0.3 is 20.1 Å². The number of nitrogens with one attached hydrogen (secondary N) is 2. The lowest BCUT2D eigenvalue weighted by Crippen LogP contribution is -2.32. The molecular weight excluding hydrogens is 404 g/mol. The van der Waals surface area contributed by atoms with Gasteiger partial charge in [0.2, 0.25) is 0 Å². The van der Waals surface area contributed by atoms with E-state index in [1.807, 2.05) is 48.5 Å². The van der Waals surface area contributed by atoms with Gasteiger partial charge in [0.1, 0.15) is 18.1 Å². The molecule has 0 saturated carbocycles. The van der Waals surface area contributed by atoms with Gasteiger partial charge in [-0.1, -0.05) is 48.0 Å². The van der Waals surface area contributed by atoms with Crippen LogP contribution in [-0.4, -0.2) is 31.6 Å². The maximum absolute atomic E-state index is 12.6. The van der Waals surface area contributed by atoms with Crippen molar-refractivity contribution in [3.8, 4) is 11.5 Å². The van der Waals surface area contributed by atoms with E-state index in [0.717, 1.165) is 5.75 Å². The van der Waals surface area contributed by atoms with E-state index in [9.17, 15) is 9.59 Å². The quantitative estimate of drug-likeness (QED) is 0.505. The molecule has 0 spiro atoms. The van der Waals surface area contributed by atoms with Crippen molar-refractivity contribution in [1.82, 2.24) is 5.32 Å². The van der Waals surface area contributed by atoms with Gasteiger partial charge in [-0.3, -0.25) is 9.59 Å². The molecule has 154 valence electrons. The smallest absolute Gasteiger partial charge is 0.259 e. The number of carbonyl (C=O) groups excluding carboxylic acids is 2. The molecular formula is C23H21ClN2O4. The second kappa shape index (κ2) is 10.9. The van der Waals surface area contributed by atoms with Crippen LogP contribution >= 0.6 is 11.6 Å². The monoisotopic (exact) mass is 424 g/mol. The molecule has 30 heavy (non-hydrogen) atoms. The van der Waals surface area contributed by atoms with Crippen LogP contribution in [0.25, 0.3) is 0 Å². The molecule has 2 amide bonds. The van der Waals surface area contributed by atoms with Gasteiger partial charge in [-0.2, -0.15) is 0 Å². The summed E-state index contributed by atoms with van der Waals surface area (Å²) in [7, 11) is 0. The predicted octanol–water partition coefficient (Wildman–Crippen LogP) is 4.17. The molecule has 0 radical (unpaired) electrons. The van der Waals surface area contributed by atoms with Crippen molar-refractivity contribution in [2.75, 3.05) is 25.1 Å². The van der Waals surface area contributed by atoms with Crippen LogP contribution in [0.4, 0.5) is 5.69 Å². The van der Waals surface area contributed by atoms with E-state index >= 15 is 0 Å². The summed E-state index contributed by atoms with van der Waals surface area (Å²) in [4.78, 5) is 24.7. The highest BCUT2D eigenvalue weighted by molar-refractivity contribution is 6.31. The van der Waals surface area contributed by atoms with Crippen LogP contribution in [0.15, 0.2) is 78.9 Å². The van der Waals surface area contributed by atoms with Gasteiger partial charge in [-0.25, -0.2) is 0 Å². The highest BCUT2D eigenvalue weighted by atomic mass is 35.5. The number of amides is 2. The van der Waals surface area contributed by atoms with Crippen molar-refractivity contribution in [3.63, 3.8) is 0 Å². The average molecular weight is 425 g/mol. The number of para-hydroxylation sites is 2. The van der Waals surface area contributed by atoms with E-state index in [1.54, 1.807) is 24.3 Å². The summed E-state index contributed by atoms with van der Waals surface area (Å²) < 4.78 is 11.1. The second-order valence-corrected chi connectivity index (χ2v) is 6.70. The number of hydrogen-bond donors (Lipinski definition) is 2. The summed E-state index contributed by atoms with van der Waals surface area (Å²) in [5, 5.41) is 5.88. The van der Waals surface area contributed by atoms with Gasteiger partial charge in [0, 0.05) is 10.7 Å². The molecule has 7 heteroatoms. The van der Waals surface area contributed by atoms with Crippen molar-refractivity contribution < 1.29 is 19.1 Å². The van der Waals surface area contributed by atoms with Gasteiger partial charge in [-0.15, -0.1) is 0 Å². The molecule has 3 rings (SSSR count). The zero-order valence-electron chi connectivity index (χ0n) is 16.1. The third-order valence-electron chi connectivity index (χ3n) is 4.01. The summed E-state index contributed by atoms with van der Waals surface area (Å²) in [6.07, 6.45) is 0. The molecule has 0 saturated heterocycles. The summed E-state index contributed by atoms with van der Waals surface area (Å²) in [6, 6.07) is 23.0. The van der Waals surface area contributed by atoms with Crippen molar-refractivity contribution in [2.24, 2.45) is 0 Å². The minimum atomic E-state index is -0.379. The van der Waals surface area contributed by atoms with Crippen LogP contribution in [-0.2, 0) is 4.79 Å². The van der Waals surface area contributed by atoms with E-state index in [4.69, 9.17) is 21.1 Å². The Kier molecular flexibility index (Phi) is 7.69. The van der Waals surface area contributed by atoms with Crippen LogP contribution in [0.1, 0.15) is 10.4 Å². The van der Waals surface area contributed by atoms with Crippen LogP contribution in [0.2, 0.25) is 5.02 Å². The highest BCUT2D eigenvalue weighted by Gasteiger charge is 2.15. The topological polar surface area (TPSA) is 76.7 Å². The first-order valence-corrected chi connectivity index (χ1v) is 9.73. The summed E-state index contributed by atoms with van der Waals surface area (Å²) in [5.41, 5.74) is 0.885. The molecule has 0 atom stereocenters. The minimum Gasteiger partial charge on any atom is -0.492 e. The molecule has 0 unspecified atom stereocenters. The second-order valence-electron chi connectivity index (χ2n) is 6.26. The Balaban J connectivity index is 1.50. The van der Waals surface area contributed by atoms with Crippen LogP contribution in [0, 0.1) is 0 Å². The Labute approximate surface area is 179 Å². The first-order chi connectivity index (χ1) is 14.6. The van der Waals surface area contributed by atoms with Crippen LogP contribution in [0.5, 0.6) is 11.5 Å². The lowest BCUT2D eigenvalue weighted by Gasteiger charge is -2.13. The number of carbonyl (C=O) groups is 2. The van der Waals surface area contributed by atoms with Crippen molar-refractivity contribution in [1.29, 1.82) is 0 Å². The number of anilines is 1. The Morgan fingerprint density at radius 1 is 0.867 bits per heavy atom. The minimum absolute atomic E-state index is 0.238. The molecule has 0 aliphatic heterocycles. The molecule has 0 bridgehead atoms. The average Bonchev–Trinajstić information content (AvgIpc) is 2.77. The molecule has 0 aliphatic carbocycles. The lowest BCUT2D eigenvalue weighted by molar-refractivity contribution is -0.123. The Hall–Kier alpha value is -3.51. The number of halogens is 1. The predicted molar refractivity (Wildman–Crippen MR) is 116 cm³/mol. The Morgan fingerprint density at radius 3 is 2.30 bits per heavy atom. The van der Waals surface area contributed by atoms with Gasteiger partial charge in [0.05, 0.1) is 12.1 Å². The molecule has 0 aliphatic rings. The maximum Gasteiger partial charge on any atom is 0.259 e. The number of rotatable bonds is 9. The third-order valence-corrected chi connectivity index (χ3v) is 4.25. The van der Waals surface area contributed by atoms with Gasteiger partial charge in [0.25, 0.3) is 11.8 Å². The standard InChI is InChI=1S/C23H21ClN2O4/c24-17-11-12-21(20(15-17)23(28)26-18-7-3-1-4-8-18)30-16-22(27)25-13-14-29-19-9-5-2-6-10-19/h1-12,15H,13-14,16H2,(H,25,27)(H,26,28). The number of benzene rings is 3. The van der Waals surface area contributed by atoms with Gasteiger partial charge >= 0.3 is 0 Å². The fraction of sp³-hybridized carbons (Fsp3) is 0.130. The van der Waals surface area contributed by atoms with Crippen LogP contribution < -0.4 is 20.1 Å². The molecule has 0 fully saturated rings.